The van der Waals surface area contributed by atoms with Crippen LogP contribution in [-0.2, 0) is 13.6 Å². The fourth-order valence-electron chi connectivity index (χ4n) is 3.03. The van der Waals surface area contributed by atoms with Crippen LogP contribution in [0.3, 0.4) is 0 Å². The van der Waals surface area contributed by atoms with Crippen molar-refractivity contribution < 1.29 is 4.79 Å². The normalized spacial score (nSPS) is 15.8. The van der Waals surface area contributed by atoms with E-state index >= 15 is 0 Å². The quantitative estimate of drug-likeness (QED) is 0.852. The van der Waals surface area contributed by atoms with Crippen molar-refractivity contribution in [1.29, 1.82) is 0 Å². The van der Waals surface area contributed by atoms with Gasteiger partial charge < -0.3 is 4.90 Å². The standard InChI is InChI=1S/C17H22ClN5O/c1-12-10-15(18)5-4-14(12)11-22-6-8-23(9-7-22)17(24)16-19-13(2)20-21(16)3/h4-5,10H,6-9,11H2,1-3H3. The third-order valence-corrected chi connectivity index (χ3v) is 4.65. The Bertz CT molecular complexity index is 749. The average molecular weight is 348 g/mol. The first-order valence-electron chi connectivity index (χ1n) is 8.08. The minimum Gasteiger partial charge on any atom is -0.333 e. The Morgan fingerprint density at radius 1 is 1.21 bits per heavy atom. The van der Waals surface area contributed by atoms with Crippen molar-refractivity contribution in [3.63, 3.8) is 0 Å². The molecule has 0 spiro atoms. The van der Waals surface area contributed by atoms with Gasteiger partial charge in [-0.2, -0.15) is 5.10 Å². The first-order valence-corrected chi connectivity index (χ1v) is 8.46. The molecule has 2 heterocycles. The summed E-state index contributed by atoms with van der Waals surface area (Å²) in [5, 5.41) is 4.92. The van der Waals surface area contributed by atoms with Crippen molar-refractivity contribution in [3.8, 4) is 0 Å². The molecule has 1 aliphatic rings. The van der Waals surface area contributed by atoms with Crippen molar-refractivity contribution in [2.45, 2.75) is 20.4 Å². The zero-order chi connectivity index (χ0) is 17.3. The van der Waals surface area contributed by atoms with Crippen molar-refractivity contribution in [3.05, 3.63) is 46.0 Å². The van der Waals surface area contributed by atoms with Gasteiger partial charge in [0, 0.05) is 44.8 Å². The average Bonchev–Trinajstić information content (AvgIpc) is 2.88. The molecule has 0 saturated carbocycles. The van der Waals surface area contributed by atoms with E-state index in [2.05, 4.69) is 28.0 Å². The Hall–Kier alpha value is -1.92. The van der Waals surface area contributed by atoms with Gasteiger partial charge in [0.05, 0.1) is 0 Å². The van der Waals surface area contributed by atoms with Crippen molar-refractivity contribution in [2.24, 2.45) is 7.05 Å². The lowest BCUT2D eigenvalue weighted by atomic mass is 10.1. The molecule has 0 unspecified atom stereocenters. The van der Waals surface area contributed by atoms with Crippen LogP contribution in [0.2, 0.25) is 5.02 Å². The maximum Gasteiger partial charge on any atom is 0.291 e. The van der Waals surface area contributed by atoms with E-state index in [1.54, 1.807) is 18.7 Å². The van der Waals surface area contributed by atoms with Crippen molar-refractivity contribution in [1.82, 2.24) is 24.6 Å². The van der Waals surface area contributed by atoms with E-state index in [1.807, 2.05) is 17.0 Å². The molecule has 0 atom stereocenters. The Labute approximate surface area is 147 Å². The predicted molar refractivity (Wildman–Crippen MR) is 93.1 cm³/mol. The van der Waals surface area contributed by atoms with Gasteiger partial charge in [-0.05, 0) is 37.1 Å². The van der Waals surface area contributed by atoms with E-state index in [-0.39, 0.29) is 5.91 Å². The molecule has 24 heavy (non-hydrogen) atoms. The van der Waals surface area contributed by atoms with Gasteiger partial charge in [0.1, 0.15) is 5.82 Å². The molecule has 6 nitrogen and oxygen atoms in total. The molecule has 128 valence electrons. The van der Waals surface area contributed by atoms with Gasteiger partial charge in [0.25, 0.3) is 5.91 Å². The molecule has 3 rings (SSSR count). The number of amides is 1. The number of carbonyl (C=O) groups excluding carboxylic acids is 1. The van der Waals surface area contributed by atoms with Crippen LogP contribution in [0, 0.1) is 13.8 Å². The molecule has 1 aliphatic heterocycles. The van der Waals surface area contributed by atoms with Crippen molar-refractivity contribution in [2.75, 3.05) is 26.2 Å². The maximum absolute atomic E-state index is 12.6. The molecule has 0 aliphatic carbocycles. The van der Waals surface area contributed by atoms with Crippen LogP contribution in [0.4, 0.5) is 0 Å². The van der Waals surface area contributed by atoms with E-state index in [9.17, 15) is 4.79 Å². The minimum absolute atomic E-state index is 0.0413. The number of aromatic nitrogens is 3. The van der Waals surface area contributed by atoms with Crippen molar-refractivity contribution >= 4 is 17.5 Å². The third kappa shape index (κ3) is 3.60. The Kier molecular flexibility index (Phi) is 4.87. The smallest absolute Gasteiger partial charge is 0.291 e. The van der Waals surface area contributed by atoms with E-state index < -0.39 is 0 Å². The predicted octanol–water partition coefficient (Wildman–Crippen LogP) is 2.04. The fourth-order valence-corrected chi connectivity index (χ4v) is 3.25. The van der Waals surface area contributed by atoms with Crippen LogP contribution in [0.15, 0.2) is 18.2 Å². The number of nitrogens with zero attached hydrogens (tertiary/aromatic N) is 5. The highest BCUT2D eigenvalue weighted by atomic mass is 35.5. The van der Waals surface area contributed by atoms with Gasteiger partial charge in [-0.1, -0.05) is 17.7 Å². The van der Waals surface area contributed by atoms with Crippen LogP contribution >= 0.6 is 11.6 Å². The molecular weight excluding hydrogens is 326 g/mol. The molecule has 7 heteroatoms. The summed E-state index contributed by atoms with van der Waals surface area (Å²) in [4.78, 5) is 21.0. The second-order valence-electron chi connectivity index (χ2n) is 6.25. The summed E-state index contributed by atoms with van der Waals surface area (Å²) >= 11 is 6.02. The maximum atomic E-state index is 12.6. The van der Waals surface area contributed by atoms with E-state index in [1.165, 1.54) is 11.1 Å². The van der Waals surface area contributed by atoms with E-state index in [0.717, 1.165) is 24.7 Å². The lowest BCUT2D eigenvalue weighted by molar-refractivity contribution is 0.0611. The number of hydrogen-bond acceptors (Lipinski definition) is 4. The van der Waals surface area contributed by atoms with Gasteiger partial charge in [-0.3, -0.25) is 9.69 Å². The molecule has 1 saturated heterocycles. The first-order chi connectivity index (χ1) is 11.4. The monoisotopic (exact) mass is 347 g/mol. The third-order valence-electron chi connectivity index (χ3n) is 4.42. The van der Waals surface area contributed by atoms with Crippen LogP contribution in [-0.4, -0.2) is 56.7 Å². The summed E-state index contributed by atoms with van der Waals surface area (Å²) < 4.78 is 1.56. The summed E-state index contributed by atoms with van der Waals surface area (Å²) in [6.07, 6.45) is 0. The lowest BCUT2D eigenvalue weighted by Crippen LogP contribution is -2.48. The first kappa shape index (κ1) is 16.9. The molecule has 1 amide bonds. The largest absolute Gasteiger partial charge is 0.333 e. The zero-order valence-electron chi connectivity index (χ0n) is 14.3. The summed E-state index contributed by atoms with van der Waals surface area (Å²) in [5.41, 5.74) is 2.48. The summed E-state index contributed by atoms with van der Waals surface area (Å²) in [6.45, 7) is 7.87. The lowest BCUT2D eigenvalue weighted by Gasteiger charge is -2.34. The number of halogens is 1. The minimum atomic E-state index is -0.0413. The highest BCUT2D eigenvalue weighted by Gasteiger charge is 2.25. The SMILES string of the molecule is Cc1nc(C(=O)N2CCN(Cc3ccc(Cl)cc3C)CC2)n(C)n1. The summed E-state index contributed by atoms with van der Waals surface area (Å²) in [7, 11) is 1.76. The van der Waals surface area contributed by atoms with E-state index in [0.29, 0.717) is 24.7 Å². The number of carbonyl (C=O) groups is 1. The summed E-state index contributed by atoms with van der Waals surface area (Å²) in [6, 6.07) is 6.00. The molecule has 1 aromatic carbocycles. The summed E-state index contributed by atoms with van der Waals surface area (Å²) in [5.74, 6) is 0.993. The van der Waals surface area contributed by atoms with E-state index in [4.69, 9.17) is 11.6 Å². The highest BCUT2D eigenvalue weighted by molar-refractivity contribution is 6.30. The molecule has 0 radical (unpaired) electrons. The van der Waals surface area contributed by atoms with Gasteiger partial charge in [0.15, 0.2) is 0 Å². The number of benzene rings is 1. The van der Waals surface area contributed by atoms with Gasteiger partial charge in [0.2, 0.25) is 5.82 Å². The van der Waals surface area contributed by atoms with Crippen LogP contribution < -0.4 is 0 Å². The van der Waals surface area contributed by atoms with Crippen LogP contribution in [0.5, 0.6) is 0 Å². The Morgan fingerprint density at radius 3 is 2.50 bits per heavy atom. The number of piperazine rings is 1. The molecule has 0 bridgehead atoms. The zero-order valence-corrected chi connectivity index (χ0v) is 15.0. The molecule has 2 aromatic rings. The Morgan fingerprint density at radius 2 is 1.92 bits per heavy atom. The second kappa shape index (κ2) is 6.91. The highest BCUT2D eigenvalue weighted by Crippen LogP contribution is 2.18. The van der Waals surface area contributed by atoms with Gasteiger partial charge in [-0.15, -0.1) is 0 Å². The van der Waals surface area contributed by atoms with Gasteiger partial charge in [-0.25, -0.2) is 9.67 Å². The van der Waals surface area contributed by atoms with Crippen LogP contribution in [0.25, 0.3) is 0 Å². The molecule has 1 aromatic heterocycles. The topological polar surface area (TPSA) is 54.3 Å². The molecule has 1 fully saturated rings. The fraction of sp³-hybridized carbons (Fsp3) is 0.471. The van der Waals surface area contributed by atoms with Gasteiger partial charge >= 0.3 is 0 Å². The number of hydrogen-bond donors (Lipinski definition) is 0. The Balaban J connectivity index is 1.59. The number of rotatable bonds is 3. The number of aryl methyl sites for hydroxylation is 3. The second-order valence-corrected chi connectivity index (χ2v) is 6.68. The van der Waals surface area contributed by atoms with Crippen LogP contribution in [0.1, 0.15) is 27.6 Å². The molecule has 0 N–H and O–H groups in total. The molecular formula is C17H22ClN5O.